The van der Waals surface area contributed by atoms with E-state index in [1.165, 1.54) is 6.92 Å². The summed E-state index contributed by atoms with van der Waals surface area (Å²) in [5.41, 5.74) is 0.693. The summed E-state index contributed by atoms with van der Waals surface area (Å²) in [7, 11) is 0. The van der Waals surface area contributed by atoms with Crippen LogP contribution in [0, 0.1) is 0 Å². The van der Waals surface area contributed by atoms with Gasteiger partial charge in [0.2, 0.25) is 5.91 Å². The topological polar surface area (TPSA) is 88.0 Å². The normalized spacial score (nSPS) is 26.1. The molecule has 6 heteroatoms. The summed E-state index contributed by atoms with van der Waals surface area (Å²) >= 11 is 0. The van der Waals surface area contributed by atoms with Gasteiger partial charge in [-0.25, -0.2) is 0 Å². The SMILES string of the molecule is CC(=O)Nc1ccc(O[C@@H]2CCC(O)[C@@H](CO)O2)cc1. The van der Waals surface area contributed by atoms with E-state index < -0.39 is 18.5 Å². The molecule has 1 unspecified atom stereocenters. The number of rotatable bonds is 4. The highest BCUT2D eigenvalue weighted by molar-refractivity contribution is 5.88. The molecule has 3 N–H and O–H groups in total. The molecule has 0 spiro atoms. The van der Waals surface area contributed by atoms with E-state index in [0.29, 0.717) is 24.3 Å². The molecule has 6 nitrogen and oxygen atoms in total. The average Bonchev–Trinajstić information content (AvgIpc) is 2.42. The Labute approximate surface area is 117 Å². The molecule has 1 aromatic carbocycles. The molecule has 1 amide bonds. The first-order valence-corrected chi connectivity index (χ1v) is 6.57. The molecule has 0 aliphatic carbocycles. The highest BCUT2D eigenvalue weighted by atomic mass is 16.7. The van der Waals surface area contributed by atoms with Crippen molar-refractivity contribution in [2.24, 2.45) is 0 Å². The van der Waals surface area contributed by atoms with Gasteiger partial charge in [-0.15, -0.1) is 0 Å². The fourth-order valence-electron chi connectivity index (χ4n) is 2.07. The van der Waals surface area contributed by atoms with Crippen LogP contribution in [0.5, 0.6) is 5.75 Å². The molecule has 3 atom stereocenters. The lowest BCUT2D eigenvalue weighted by molar-refractivity contribution is -0.196. The number of benzene rings is 1. The molecular weight excluding hydrogens is 262 g/mol. The summed E-state index contributed by atoms with van der Waals surface area (Å²) in [6.07, 6.45) is -0.651. The van der Waals surface area contributed by atoms with Crippen LogP contribution in [-0.4, -0.2) is 41.2 Å². The van der Waals surface area contributed by atoms with Gasteiger partial charge in [0.15, 0.2) is 6.29 Å². The Morgan fingerprint density at radius 2 is 2.10 bits per heavy atom. The van der Waals surface area contributed by atoms with Crippen LogP contribution in [0.15, 0.2) is 24.3 Å². The Balaban J connectivity index is 1.91. The molecule has 0 radical (unpaired) electrons. The van der Waals surface area contributed by atoms with E-state index in [1.807, 2.05) is 0 Å². The van der Waals surface area contributed by atoms with E-state index in [9.17, 15) is 9.90 Å². The summed E-state index contributed by atoms with van der Waals surface area (Å²) in [5, 5.41) is 21.3. The van der Waals surface area contributed by atoms with Crippen molar-refractivity contribution in [3.63, 3.8) is 0 Å². The second-order valence-electron chi connectivity index (χ2n) is 4.75. The average molecular weight is 281 g/mol. The maximum Gasteiger partial charge on any atom is 0.221 e. The number of aliphatic hydroxyl groups excluding tert-OH is 2. The molecule has 2 rings (SSSR count). The summed E-state index contributed by atoms with van der Waals surface area (Å²) in [6.45, 7) is 1.21. The molecular formula is C14H19NO5. The molecule has 1 saturated heterocycles. The number of nitrogens with one attached hydrogen (secondary N) is 1. The maximum atomic E-state index is 10.9. The second kappa shape index (κ2) is 6.69. The van der Waals surface area contributed by atoms with E-state index in [0.717, 1.165) is 0 Å². The second-order valence-corrected chi connectivity index (χ2v) is 4.75. The number of aliphatic hydroxyl groups is 2. The van der Waals surface area contributed by atoms with Crippen LogP contribution < -0.4 is 10.1 Å². The monoisotopic (exact) mass is 281 g/mol. The number of anilines is 1. The lowest BCUT2D eigenvalue weighted by atomic mass is 10.1. The molecule has 0 bridgehead atoms. The highest BCUT2D eigenvalue weighted by Gasteiger charge is 2.30. The molecule has 20 heavy (non-hydrogen) atoms. The zero-order valence-electron chi connectivity index (χ0n) is 11.3. The third-order valence-corrected chi connectivity index (χ3v) is 3.08. The van der Waals surface area contributed by atoms with Crippen LogP contribution in [0.1, 0.15) is 19.8 Å². The smallest absolute Gasteiger partial charge is 0.221 e. The van der Waals surface area contributed by atoms with Crippen LogP contribution in [-0.2, 0) is 9.53 Å². The fraction of sp³-hybridized carbons (Fsp3) is 0.500. The Kier molecular flexibility index (Phi) is 4.94. The fourth-order valence-corrected chi connectivity index (χ4v) is 2.07. The zero-order chi connectivity index (χ0) is 14.5. The van der Waals surface area contributed by atoms with Gasteiger partial charge >= 0.3 is 0 Å². The van der Waals surface area contributed by atoms with Crippen LogP contribution in [0.4, 0.5) is 5.69 Å². The van der Waals surface area contributed by atoms with Crippen molar-refractivity contribution in [2.75, 3.05) is 11.9 Å². The molecule has 110 valence electrons. The standard InChI is InChI=1S/C14H19NO5/c1-9(17)15-10-2-4-11(5-3-10)19-14-7-6-12(18)13(8-16)20-14/h2-5,12-14,16,18H,6-8H2,1H3,(H,15,17)/t12?,13-,14+/m1/s1. The van der Waals surface area contributed by atoms with E-state index >= 15 is 0 Å². The molecule has 1 aromatic rings. The quantitative estimate of drug-likeness (QED) is 0.762. The van der Waals surface area contributed by atoms with Gasteiger partial charge in [-0.1, -0.05) is 0 Å². The van der Waals surface area contributed by atoms with Gasteiger partial charge in [0.1, 0.15) is 11.9 Å². The zero-order valence-corrected chi connectivity index (χ0v) is 11.3. The lowest BCUT2D eigenvalue weighted by Crippen LogP contribution is -2.43. The van der Waals surface area contributed by atoms with E-state index in [-0.39, 0.29) is 12.5 Å². The molecule has 1 fully saturated rings. The van der Waals surface area contributed by atoms with E-state index in [2.05, 4.69) is 5.32 Å². The summed E-state index contributed by atoms with van der Waals surface area (Å²) < 4.78 is 11.1. The third kappa shape index (κ3) is 3.93. The van der Waals surface area contributed by atoms with Gasteiger partial charge in [-0.05, 0) is 30.7 Å². The molecule has 0 aromatic heterocycles. The number of hydrogen-bond donors (Lipinski definition) is 3. The highest BCUT2D eigenvalue weighted by Crippen LogP contribution is 2.24. The number of ether oxygens (including phenoxy) is 2. The first-order chi connectivity index (χ1) is 9.58. The van der Waals surface area contributed by atoms with Gasteiger partial charge in [-0.2, -0.15) is 0 Å². The number of amides is 1. The van der Waals surface area contributed by atoms with Gasteiger partial charge in [0.05, 0.1) is 12.7 Å². The van der Waals surface area contributed by atoms with Crippen molar-refractivity contribution < 1.29 is 24.5 Å². The minimum Gasteiger partial charge on any atom is -0.465 e. The number of carbonyl (C=O) groups excluding carboxylic acids is 1. The number of carbonyl (C=O) groups is 1. The van der Waals surface area contributed by atoms with Crippen molar-refractivity contribution in [2.45, 2.75) is 38.3 Å². The number of hydrogen-bond acceptors (Lipinski definition) is 5. The third-order valence-electron chi connectivity index (χ3n) is 3.08. The van der Waals surface area contributed by atoms with Crippen molar-refractivity contribution >= 4 is 11.6 Å². The van der Waals surface area contributed by atoms with Crippen LogP contribution in [0.3, 0.4) is 0 Å². The lowest BCUT2D eigenvalue weighted by Gasteiger charge is -2.32. The summed E-state index contributed by atoms with van der Waals surface area (Å²) in [5.74, 6) is 0.478. The largest absolute Gasteiger partial charge is 0.465 e. The molecule has 1 aliphatic heterocycles. The van der Waals surface area contributed by atoms with Crippen molar-refractivity contribution in [3.05, 3.63) is 24.3 Å². The van der Waals surface area contributed by atoms with Crippen LogP contribution >= 0.6 is 0 Å². The minimum atomic E-state index is -0.651. The summed E-state index contributed by atoms with van der Waals surface area (Å²) in [6, 6.07) is 6.93. The predicted molar refractivity (Wildman–Crippen MR) is 72.4 cm³/mol. The van der Waals surface area contributed by atoms with Crippen molar-refractivity contribution in [3.8, 4) is 5.75 Å². The minimum absolute atomic E-state index is 0.131. The van der Waals surface area contributed by atoms with E-state index in [4.69, 9.17) is 14.6 Å². The first kappa shape index (κ1) is 14.8. The van der Waals surface area contributed by atoms with Gasteiger partial charge < -0.3 is 25.0 Å². The van der Waals surface area contributed by atoms with E-state index in [1.54, 1.807) is 24.3 Å². The molecule has 0 saturated carbocycles. The van der Waals surface area contributed by atoms with Gasteiger partial charge in [0.25, 0.3) is 0 Å². The van der Waals surface area contributed by atoms with Crippen molar-refractivity contribution in [1.29, 1.82) is 0 Å². The van der Waals surface area contributed by atoms with Gasteiger partial charge in [0, 0.05) is 19.0 Å². The molecule has 1 heterocycles. The maximum absolute atomic E-state index is 10.9. The Hall–Kier alpha value is -1.63. The van der Waals surface area contributed by atoms with Gasteiger partial charge in [-0.3, -0.25) is 4.79 Å². The van der Waals surface area contributed by atoms with Crippen LogP contribution in [0.2, 0.25) is 0 Å². The molecule has 1 aliphatic rings. The predicted octanol–water partition coefficient (Wildman–Crippen LogP) is 0.882. The van der Waals surface area contributed by atoms with Crippen LogP contribution in [0.25, 0.3) is 0 Å². The Morgan fingerprint density at radius 3 is 2.70 bits per heavy atom. The first-order valence-electron chi connectivity index (χ1n) is 6.57. The van der Waals surface area contributed by atoms with Crippen molar-refractivity contribution in [1.82, 2.24) is 0 Å². The Bertz CT molecular complexity index is 447. The Morgan fingerprint density at radius 1 is 1.40 bits per heavy atom. The summed E-state index contributed by atoms with van der Waals surface area (Å²) in [4.78, 5) is 10.9.